The van der Waals surface area contributed by atoms with Gasteiger partial charge in [0.1, 0.15) is 0 Å². The van der Waals surface area contributed by atoms with Gasteiger partial charge in [0, 0.05) is 31.5 Å². The molecule has 0 radical (unpaired) electrons. The van der Waals surface area contributed by atoms with Crippen molar-refractivity contribution in [3.63, 3.8) is 0 Å². The van der Waals surface area contributed by atoms with E-state index in [-0.39, 0.29) is 5.91 Å². The summed E-state index contributed by atoms with van der Waals surface area (Å²) in [6.45, 7) is 3.80. The predicted octanol–water partition coefficient (Wildman–Crippen LogP) is 3.20. The third kappa shape index (κ3) is 3.35. The molecule has 3 heteroatoms. The van der Waals surface area contributed by atoms with E-state index in [1.807, 2.05) is 4.90 Å². The van der Waals surface area contributed by atoms with Crippen molar-refractivity contribution >= 4 is 5.91 Å². The van der Waals surface area contributed by atoms with Crippen molar-refractivity contribution < 1.29 is 4.79 Å². The van der Waals surface area contributed by atoms with Crippen molar-refractivity contribution in [2.24, 2.45) is 0 Å². The number of rotatable bonds is 3. The van der Waals surface area contributed by atoms with Crippen molar-refractivity contribution in [2.75, 3.05) is 13.1 Å². The lowest BCUT2D eigenvalue weighted by Crippen LogP contribution is -2.39. The lowest BCUT2D eigenvalue weighted by atomic mass is 10.0. The molecule has 1 amide bonds. The van der Waals surface area contributed by atoms with Gasteiger partial charge in [0.25, 0.3) is 0 Å². The van der Waals surface area contributed by atoms with Gasteiger partial charge in [-0.3, -0.25) is 4.79 Å². The molecule has 1 fully saturated rings. The summed E-state index contributed by atoms with van der Waals surface area (Å²) in [5, 5.41) is 0. The molecular weight excluding hydrogens is 260 g/mol. The summed E-state index contributed by atoms with van der Waals surface area (Å²) in [7, 11) is 0. The minimum Gasteiger partial charge on any atom is -0.351 e. The molecule has 0 aliphatic carbocycles. The Hall–Kier alpha value is -2.03. The number of carbonyl (C=O) groups is 1. The molecule has 3 nitrogen and oxygen atoms in total. The molecule has 2 aromatic rings. The van der Waals surface area contributed by atoms with Gasteiger partial charge in [0.15, 0.2) is 0 Å². The molecular formula is C18H22N2O. The summed E-state index contributed by atoms with van der Waals surface area (Å²) < 4.78 is 2.27. The summed E-state index contributed by atoms with van der Waals surface area (Å²) >= 11 is 0. The number of nitrogens with zero attached hydrogens (tertiary/aromatic N) is 2. The molecule has 0 saturated carbocycles. The maximum Gasteiger partial charge on any atom is 0.226 e. The summed E-state index contributed by atoms with van der Waals surface area (Å²) in [5.41, 5.74) is 2.34. The number of carbonyl (C=O) groups excluding carboxylic acids is 1. The molecule has 0 unspecified atom stereocenters. The van der Waals surface area contributed by atoms with Gasteiger partial charge in [-0.1, -0.05) is 29.8 Å². The number of piperidine rings is 1. The molecule has 1 aromatic carbocycles. The maximum absolute atomic E-state index is 12.4. The van der Waals surface area contributed by atoms with Crippen molar-refractivity contribution in [1.29, 1.82) is 0 Å². The number of aryl methyl sites for hydroxylation is 1. The number of hydrogen-bond acceptors (Lipinski definition) is 1. The minimum atomic E-state index is 0.254. The lowest BCUT2D eigenvalue weighted by Gasteiger charge is -2.33. The van der Waals surface area contributed by atoms with Crippen LogP contribution < -0.4 is 0 Å². The quantitative estimate of drug-likeness (QED) is 0.848. The Kier molecular flexibility index (Phi) is 4.09. The summed E-state index contributed by atoms with van der Waals surface area (Å²) in [6, 6.07) is 12.9. The maximum atomic E-state index is 12.4. The normalized spacial score (nSPS) is 16.1. The Morgan fingerprint density at radius 3 is 2.33 bits per heavy atom. The first kappa shape index (κ1) is 13.9. The van der Waals surface area contributed by atoms with Gasteiger partial charge in [-0.2, -0.15) is 0 Å². The Balaban J connectivity index is 1.54. The molecule has 2 heterocycles. The molecule has 0 atom stereocenters. The van der Waals surface area contributed by atoms with E-state index in [0.717, 1.165) is 31.5 Å². The van der Waals surface area contributed by atoms with Gasteiger partial charge in [0.05, 0.1) is 6.42 Å². The monoisotopic (exact) mass is 282 g/mol. The van der Waals surface area contributed by atoms with Gasteiger partial charge in [-0.05, 0) is 37.5 Å². The topological polar surface area (TPSA) is 25.2 Å². The van der Waals surface area contributed by atoms with E-state index in [4.69, 9.17) is 0 Å². The van der Waals surface area contributed by atoms with E-state index in [1.165, 1.54) is 5.56 Å². The van der Waals surface area contributed by atoms with E-state index in [1.54, 1.807) is 0 Å². The molecule has 1 saturated heterocycles. The van der Waals surface area contributed by atoms with E-state index in [0.29, 0.717) is 12.5 Å². The van der Waals surface area contributed by atoms with Crippen molar-refractivity contribution in [1.82, 2.24) is 9.47 Å². The molecule has 1 aliphatic heterocycles. The zero-order chi connectivity index (χ0) is 14.7. The largest absolute Gasteiger partial charge is 0.351 e. The first-order chi connectivity index (χ1) is 10.2. The number of likely N-dealkylation sites (tertiary alicyclic amines) is 1. The Labute approximate surface area is 126 Å². The molecule has 110 valence electrons. The SMILES string of the molecule is Cc1ccc(CC(=O)N2CCC(n3cccc3)CC2)cc1. The number of hydrogen-bond donors (Lipinski definition) is 0. The molecule has 1 aromatic heterocycles. The van der Waals surface area contributed by atoms with E-state index < -0.39 is 0 Å². The van der Waals surface area contributed by atoms with Crippen LogP contribution in [0.1, 0.15) is 30.0 Å². The summed E-state index contributed by atoms with van der Waals surface area (Å²) in [6.07, 6.45) is 6.86. The van der Waals surface area contributed by atoms with Crippen molar-refractivity contribution in [2.45, 2.75) is 32.2 Å². The average molecular weight is 282 g/mol. The van der Waals surface area contributed by atoms with E-state index in [9.17, 15) is 4.79 Å². The highest BCUT2D eigenvalue weighted by Gasteiger charge is 2.23. The van der Waals surface area contributed by atoms with Crippen LogP contribution in [0.4, 0.5) is 0 Å². The highest BCUT2D eigenvalue weighted by Crippen LogP contribution is 2.23. The van der Waals surface area contributed by atoms with Gasteiger partial charge in [-0.25, -0.2) is 0 Å². The number of amides is 1. The average Bonchev–Trinajstić information content (AvgIpc) is 3.04. The zero-order valence-electron chi connectivity index (χ0n) is 12.5. The van der Waals surface area contributed by atoms with Gasteiger partial charge in [-0.15, -0.1) is 0 Å². The molecule has 0 bridgehead atoms. The Morgan fingerprint density at radius 1 is 1.10 bits per heavy atom. The molecule has 1 aliphatic rings. The highest BCUT2D eigenvalue weighted by atomic mass is 16.2. The van der Waals surface area contributed by atoms with E-state index >= 15 is 0 Å². The third-order valence-corrected chi connectivity index (χ3v) is 4.34. The molecule has 0 spiro atoms. The second-order valence-electron chi connectivity index (χ2n) is 5.90. The second kappa shape index (κ2) is 6.17. The van der Waals surface area contributed by atoms with Crippen LogP contribution in [0, 0.1) is 6.92 Å². The Bertz CT molecular complexity index is 578. The fourth-order valence-electron chi connectivity index (χ4n) is 3.00. The second-order valence-corrected chi connectivity index (χ2v) is 5.90. The molecule has 3 rings (SSSR count). The van der Waals surface area contributed by atoms with Crippen LogP contribution in [-0.4, -0.2) is 28.5 Å². The van der Waals surface area contributed by atoms with Gasteiger partial charge >= 0.3 is 0 Å². The summed E-state index contributed by atoms with van der Waals surface area (Å²) in [4.78, 5) is 14.4. The highest BCUT2D eigenvalue weighted by molar-refractivity contribution is 5.78. The third-order valence-electron chi connectivity index (χ3n) is 4.34. The Morgan fingerprint density at radius 2 is 1.71 bits per heavy atom. The van der Waals surface area contributed by atoms with Crippen molar-refractivity contribution in [3.8, 4) is 0 Å². The first-order valence-electron chi connectivity index (χ1n) is 7.68. The van der Waals surface area contributed by atoms with E-state index in [2.05, 4.69) is 60.3 Å². The van der Waals surface area contributed by atoms with Crippen LogP contribution in [0.15, 0.2) is 48.8 Å². The minimum absolute atomic E-state index is 0.254. The van der Waals surface area contributed by atoms with Crippen LogP contribution in [-0.2, 0) is 11.2 Å². The predicted molar refractivity (Wildman–Crippen MR) is 84.2 cm³/mol. The van der Waals surface area contributed by atoms with Crippen molar-refractivity contribution in [3.05, 3.63) is 59.9 Å². The zero-order valence-corrected chi connectivity index (χ0v) is 12.5. The molecule has 21 heavy (non-hydrogen) atoms. The fraction of sp³-hybridized carbons (Fsp3) is 0.389. The van der Waals surface area contributed by atoms with Crippen LogP contribution >= 0.6 is 0 Å². The first-order valence-corrected chi connectivity index (χ1v) is 7.68. The standard InChI is InChI=1S/C18H22N2O/c1-15-4-6-16(7-5-15)14-18(21)20-12-8-17(9-13-20)19-10-2-3-11-19/h2-7,10-11,17H,8-9,12-14H2,1H3. The lowest BCUT2D eigenvalue weighted by molar-refractivity contribution is -0.131. The van der Waals surface area contributed by atoms with Crippen LogP contribution in [0.2, 0.25) is 0 Å². The van der Waals surface area contributed by atoms with Crippen LogP contribution in [0.5, 0.6) is 0 Å². The van der Waals surface area contributed by atoms with Crippen LogP contribution in [0.25, 0.3) is 0 Å². The summed E-state index contributed by atoms with van der Waals surface area (Å²) in [5.74, 6) is 0.254. The van der Waals surface area contributed by atoms with Crippen LogP contribution in [0.3, 0.4) is 0 Å². The fourth-order valence-corrected chi connectivity index (χ4v) is 3.00. The smallest absolute Gasteiger partial charge is 0.226 e. The molecule has 0 N–H and O–H groups in total. The van der Waals surface area contributed by atoms with Gasteiger partial charge < -0.3 is 9.47 Å². The number of benzene rings is 1. The number of aromatic nitrogens is 1. The van der Waals surface area contributed by atoms with Gasteiger partial charge in [0.2, 0.25) is 5.91 Å².